The summed E-state index contributed by atoms with van der Waals surface area (Å²) in [5.74, 6) is 1.47. The molecule has 2 aliphatic heterocycles. The van der Waals surface area contributed by atoms with Gasteiger partial charge in [0.1, 0.15) is 11.6 Å². The van der Waals surface area contributed by atoms with Crippen LogP contribution in [0.15, 0.2) is 72.8 Å². The number of anilines is 2. The van der Waals surface area contributed by atoms with Gasteiger partial charge in [0.05, 0.1) is 23.9 Å². The lowest BCUT2D eigenvalue weighted by molar-refractivity contribution is 0.0916. The molecule has 3 N–H and O–H groups in total. The number of aromatic nitrogens is 2. The molecule has 1 aromatic heterocycles. The van der Waals surface area contributed by atoms with Crippen LogP contribution in [-0.4, -0.2) is 41.3 Å². The Balaban J connectivity index is 1.25. The molecular weight excluding hydrogens is 550 g/mol. The summed E-state index contributed by atoms with van der Waals surface area (Å²) >= 11 is 0. The summed E-state index contributed by atoms with van der Waals surface area (Å²) in [6, 6.07) is 23.1. The van der Waals surface area contributed by atoms with Gasteiger partial charge in [-0.15, -0.1) is 0 Å². The van der Waals surface area contributed by atoms with Crippen LogP contribution in [-0.2, 0) is 11.8 Å². The van der Waals surface area contributed by atoms with Crippen LogP contribution in [0.25, 0.3) is 5.69 Å². The van der Waals surface area contributed by atoms with E-state index in [1.165, 1.54) is 0 Å². The number of aryl methyl sites for hydroxylation is 1. The first-order valence-electron chi connectivity index (χ1n) is 15.5. The molecule has 3 heterocycles. The number of fused-ring (bicyclic) bond motifs is 1. The average molecular weight is 592 g/mol. The Morgan fingerprint density at radius 3 is 2.50 bits per heavy atom. The molecule has 1 saturated heterocycles. The smallest absolute Gasteiger partial charge is 0.324 e. The largest absolute Gasteiger partial charge is 0.493 e. The van der Waals surface area contributed by atoms with Crippen molar-refractivity contribution in [2.24, 2.45) is 5.92 Å². The summed E-state index contributed by atoms with van der Waals surface area (Å²) in [4.78, 5) is 27.5. The van der Waals surface area contributed by atoms with Gasteiger partial charge in [0.25, 0.3) is 0 Å². The van der Waals surface area contributed by atoms with Crippen molar-refractivity contribution in [3.63, 3.8) is 0 Å². The van der Waals surface area contributed by atoms with Gasteiger partial charge >= 0.3 is 6.03 Å². The summed E-state index contributed by atoms with van der Waals surface area (Å²) < 4.78 is 7.44. The molecule has 6 rings (SSSR count). The number of rotatable bonds is 7. The lowest BCUT2D eigenvalue weighted by Gasteiger charge is -2.30. The predicted molar refractivity (Wildman–Crippen MR) is 174 cm³/mol. The van der Waals surface area contributed by atoms with Gasteiger partial charge in [0, 0.05) is 29.2 Å². The molecule has 8 nitrogen and oxygen atoms in total. The van der Waals surface area contributed by atoms with Crippen LogP contribution < -0.4 is 20.7 Å². The summed E-state index contributed by atoms with van der Waals surface area (Å²) in [6.07, 6.45) is 2.66. The van der Waals surface area contributed by atoms with Gasteiger partial charge in [-0.1, -0.05) is 50.6 Å². The van der Waals surface area contributed by atoms with E-state index in [1.807, 2.05) is 79.7 Å². The highest BCUT2D eigenvalue weighted by molar-refractivity contribution is 6.02. The standard InChI is InChI=1S/C36H41N5O3/c1-23-8-11-29(12-9-23)41-32(22-31(40-41)36(2,3)4)39-35(43)38-28-7-5-6-26(21-28)33(24-14-17-37-18-15-24)34(42)27-10-13-30-25(20-27)16-19-44-30/h5-13,20-22,24,33,37H,14-19H2,1-4H3,(H2,38,39,43). The Morgan fingerprint density at radius 1 is 0.977 bits per heavy atom. The van der Waals surface area contributed by atoms with E-state index in [0.717, 1.165) is 66.2 Å². The van der Waals surface area contributed by atoms with E-state index in [0.29, 0.717) is 23.7 Å². The van der Waals surface area contributed by atoms with E-state index in [1.54, 1.807) is 4.68 Å². The number of piperidine rings is 1. The first-order valence-corrected chi connectivity index (χ1v) is 15.5. The Bertz CT molecular complexity index is 1660. The van der Waals surface area contributed by atoms with Gasteiger partial charge in [0.15, 0.2) is 5.78 Å². The maximum atomic E-state index is 14.1. The zero-order valence-electron chi connectivity index (χ0n) is 25.9. The number of carbonyl (C=O) groups is 2. The van der Waals surface area contributed by atoms with Crippen LogP contribution in [0.2, 0.25) is 0 Å². The molecule has 1 unspecified atom stereocenters. The molecule has 4 aromatic rings. The fourth-order valence-corrected chi connectivity index (χ4v) is 6.14. The van der Waals surface area contributed by atoms with Crippen LogP contribution in [0.4, 0.5) is 16.3 Å². The highest BCUT2D eigenvalue weighted by atomic mass is 16.5. The molecule has 2 aliphatic rings. The number of carbonyl (C=O) groups excluding carboxylic acids is 2. The van der Waals surface area contributed by atoms with E-state index < -0.39 is 0 Å². The number of hydrogen-bond acceptors (Lipinski definition) is 5. The Morgan fingerprint density at radius 2 is 1.75 bits per heavy atom. The average Bonchev–Trinajstić information content (AvgIpc) is 3.65. The highest BCUT2D eigenvalue weighted by Crippen LogP contribution is 2.37. The van der Waals surface area contributed by atoms with E-state index >= 15 is 0 Å². The van der Waals surface area contributed by atoms with Gasteiger partial charge in [-0.3, -0.25) is 10.1 Å². The van der Waals surface area contributed by atoms with Crippen LogP contribution in [0, 0.1) is 12.8 Å². The monoisotopic (exact) mass is 591 g/mol. The maximum Gasteiger partial charge on any atom is 0.324 e. The fraction of sp³-hybridized carbons (Fsp3) is 0.361. The zero-order chi connectivity index (χ0) is 30.8. The number of nitrogens with one attached hydrogen (secondary N) is 3. The van der Waals surface area contributed by atoms with Crippen molar-refractivity contribution in [2.45, 2.75) is 58.3 Å². The second-order valence-corrected chi connectivity index (χ2v) is 13.0. The number of urea groups is 1. The van der Waals surface area contributed by atoms with Crippen LogP contribution >= 0.6 is 0 Å². The molecule has 0 aliphatic carbocycles. The van der Waals surface area contributed by atoms with Crippen molar-refractivity contribution >= 4 is 23.3 Å². The Hall–Kier alpha value is -4.43. The third kappa shape index (κ3) is 6.40. The second-order valence-electron chi connectivity index (χ2n) is 13.0. The maximum absolute atomic E-state index is 14.1. The van der Waals surface area contributed by atoms with Crippen molar-refractivity contribution in [1.82, 2.24) is 15.1 Å². The molecule has 1 fully saturated rings. The molecule has 44 heavy (non-hydrogen) atoms. The van der Waals surface area contributed by atoms with Gasteiger partial charge < -0.3 is 15.4 Å². The third-order valence-corrected chi connectivity index (χ3v) is 8.61. The van der Waals surface area contributed by atoms with Crippen LogP contribution in [0.5, 0.6) is 5.75 Å². The number of nitrogens with zero attached hydrogens (tertiary/aromatic N) is 2. The molecule has 0 bridgehead atoms. The SMILES string of the molecule is Cc1ccc(-n2nc(C(C)(C)C)cc2NC(=O)Nc2cccc(C(C(=O)c3ccc4c(c3)CCO4)C3CCNCC3)c2)cc1. The second kappa shape index (κ2) is 12.3. The van der Waals surface area contributed by atoms with Crippen molar-refractivity contribution in [3.05, 3.63) is 101 Å². The van der Waals surface area contributed by atoms with Crippen molar-refractivity contribution in [3.8, 4) is 11.4 Å². The molecular formula is C36H41N5O3. The van der Waals surface area contributed by atoms with E-state index in [-0.39, 0.29) is 29.1 Å². The number of amides is 2. The minimum atomic E-state index is -0.376. The predicted octanol–water partition coefficient (Wildman–Crippen LogP) is 7.02. The van der Waals surface area contributed by atoms with E-state index in [4.69, 9.17) is 9.84 Å². The fourth-order valence-electron chi connectivity index (χ4n) is 6.14. The van der Waals surface area contributed by atoms with Crippen molar-refractivity contribution in [2.75, 3.05) is 30.3 Å². The van der Waals surface area contributed by atoms with E-state index in [2.05, 4.69) is 36.7 Å². The van der Waals surface area contributed by atoms with Crippen LogP contribution in [0.1, 0.15) is 72.3 Å². The number of benzene rings is 3. The molecule has 228 valence electrons. The zero-order valence-corrected chi connectivity index (χ0v) is 25.9. The third-order valence-electron chi connectivity index (χ3n) is 8.61. The summed E-state index contributed by atoms with van der Waals surface area (Å²) in [5, 5.41) is 14.3. The van der Waals surface area contributed by atoms with Gasteiger partial charge in [-0.2, -0.15) is 5.10 Å². The van der Waals surface area contributed by atoms with E-state index in [9.17, 15) is 9.59 Å². The topological polar surface area (TPSA) is 97.3 Å². The number of ketones is 1. The lowest BCUT2D eigenvalue weighted by atomic mass is 9.76. The normalized spacial score (nSPS) is 15.7. The number of Topliss-reactive ketones (excluding diaryl/α,β-unsaturated/α-hetero) is 1. The Kier molecular flexibility index (Phi) is 8.27. The summed E-state index contributed by atoms with van der Waals surface area (Å²) in [6.45, 7) is 10.8. The van der Waals surface area contributed by atoms with Gasteiger partial charge in [0.2, 0.25) is 0 Å². The van der Waals surface area contributed by atoms with Crippen molar-refractivity contribution < 1.29 is 14.3 Å². The minimum absolute atomic E-state index is 0.116. The summed E-state index contributed by atoms with van der Waals surface area (Å²) in [5.41, 5.74) is 6.04. The first-order chi connectivity index (χ1) is 21.2. The first kappa shape index (κ1) is 29.6. The molecule has 3 aromatic carbocycles. The summed E-state index contributed by atoms with van der Waals surface area (Å²) in [7, 11) is 0. The molecule has 2 amide bonds. The molecule has 0 radical (unpaired) electrons. The minimum Gasteiger partial charge on any atom is -0.493 e. The molecule has 1 atom stereocenters. The number of ether oxygens (including phenoxy) is 1. The Labute approximate surface area is 259 Å². The highest BCUT2D eigenvalue weighted by Gasteiger charge is 2.32. The van der Waals surface area contributed by atoms with Crippen molar-refractivity contribution in [1.29, 1.82) is 0 Å². The van der Waals surface area contributed by atoms with Gasteiger partial charge in [-0.25, -0.2) is 9.48 Å². The van der Waals surface area contributed by atoms with Crippen LogP contribution in [0.3, 0.4) is 0 Å². The lowest BCUT2D eigenvalue weighted by Crippen LogP contribution is -2.33. The van der Waals surface area contributed by atoms with Gasteiger partial charge in [-0.05, 0) is 92.4 Å². The quantitative estimate of drug-likeness (QED) is 0.201. The molecule has 0 saturated carbocycles. The number of hydrogen-bond donors (Lipinski definition) is 3. The molecule has 0 spiro atoms. The molecule has 8 heteroatoms.